The van der Waals surface area contributed by atoms with Crippen LogP contribution < -0.4 is 14.9 Å². The Morgan fingerprint density at radius 3 is 2.52 bits per heavy atom. The van der Waals surface area contributed by atoms with Crippen LogP contribution in [-0.4, -0.2) is 30.4 Å². The molecule has 0 bridgehead atoms. The summed E-state index contributed by atoms with van der Waals surface area (Å²) in [5, 5.41) is 13.8. The first-order valence-corrected chi connectivity index (χ1v) is 8.14. The van der Waals surface area contributed by atoms with Crippen LogP contribution in [0.25, 0.3) is 0 Å². The van der Waals surface area contributed by atoms with Gasteiger partial charge in [0.05, 0.1) is 24.5 Å². The molecule has 0 saturated carbocycles. The number of hydrogen-bond acceptors (Lipinski definition) is 5. The normalized spacial score (nSPS) is 10.7. The van der Waals surface area contributed by atoms with Crippen molar-refractivity contribution in [1.29, 1.82) is 0 Å². The van der Waals surface area contributed by atoms with E-state index in [1.54, 1.807) is 37.3 Å². The number of benzene rings is 2. The van der Waals surface area contributed by atoms with E-state index in [-0.39, 0.29) is 22.4 Å². The molecule has 2 N–H and O–H groups in total. The molecule has 0 aromatic heterocycles. The Balaban J connectivity index is 2.03. The Kier molecular flexibility index (Phi) is 6.65. The number of halogens is 1. The van der Waals surface area contributed by atoms with Crippen LogP contribution in [0.3, 0.4) is 0 Å². The highest BCUT2D eigenvalue weighted by Crippen LogP contribution is 2.34. The molecule has 2 rings (SSSR count). The monoisotopic (exact) mass is 362 g/mol. The number of hydrazone groups is 1. The van der Waals surface area contributed by atoms with Crippen LogP contribution in [0.2, 0.25) is 5.02 Å². The molecule has 0 fully saturated rings. The third-order valence-electron chi connectivity index (χ3n) is 3.16. The number of hydrogen-bond donors (Lipinski definition) is 2. The van der Waals surface area contributed by atoms with Gasteiger partial charge < -0.3 is 14.6 Å². The van der Waals surface area contributed by atoms with Gasteiger partial charge in [0.2, 0.25) is 0 Å². The number of aromatic hydroxyl groups is 1. The molecule has 6 nitrogen and oxygen atoms in total. The predicted octanol–water partition coefficient (Wildman–Crippen LogP) is 3.61. The number of nitrogens with zero attached hydrogens (tertiary/aromatic N) is 1. The molecule has 2 aromatic carbocycles. The summed E-state index contributed by atoms with van der Waals surface area (Å²) >= 11 is 5.94. The molecule has 0 unspecified atom stereocenters. The maximum atomic E-state index is 12.0. The minimum atomic E-state index is -0.353. The second kappa shape index (κ2) is 8.94. The molecule has 132 valence electrons. The molecular formula is C18H19ClN2O4. The molecule has 1 amide bonds. The second-order valence-electron chi connectivity index (χ2n) is 4.94. The topological polar surface area (TPSA) is 80.2 Å². The van der Waals surface area contributed by atoms with Gasteiger partial charge >= 0.3 is 0 Å². The van der Waals surface area contributed by atoms with Crippen molar-refractivity contribution in [2.24, 2.45) is 5.10 Å². The van der Waals surface area contributed by atoms with Gasteiger partial charge in [0.25, 0.3) is 5.91 Å². The summed E-state index contributed by atoms with van der Waals surface area (Å²) in [4.78, 5) is 12.0. The van der Waals surface area contributed by atoms with Crippen molar-refractivity contribution in [3.05, 3.63) is 52.5 Å². The molecule has 7 heteroatoms. The van der Waals surface area contributed by atoms with Gasteiger partial charge in [-0.1, -0.05) is 11.6 Å². The fraction of sp³-hybridized carbons (Fsp3) is 0.222. The zero-order chi connectivity index (χ0) is 18.2. The zero-order valence-electron chi connectivity index (χ0n) is 14.0. The Morgan fingerprint density at radius 2 is 1.88 bits per heavy atom. The number of ether oxygens (including phenoxy) is 2. The predicted molar refractivity (Wildman–Crippen MR) is 97.0 cm³/mol. The lowest BCUT2D eigenvalue weighted by Crippen LogP contribution is -2.17. The number of phenolic OH excluding ortho intramolecular Hbond substituents is 1. The first-order chi connectivity index (χ1) is 12.0. The lowest BCUT2D eigenvalue weighted by Gasteiger charge is -2.08. The summed E-state index contributed by atoms with van der Waals surface area (Å²) in [6, 6.07) is 9.84. The number of amides is 1. The molecule has 0 heterocycles. The summed E-state index contributed by atoms with van der Waals surface area (Å²) in [7, 11) is 0. The van der Waals surface area contributed by atoms with Crippen LogP contribution in [0.4, 0.5) is 0 Å². The Labute approximate surface area is 151 Å². The van der Waals surface area contributed by atoms with E-state index in [4.69, 9.17) is 21.1 Å². The van der Waals surface area contributed by atoms with Crippen LogP contribution in [0.5, 0.6) is 17.2 Å². The fourth-order valence-corrected chi connectivity index (χ4v) is 2.25. The van der Waals surface area contributed by atoms with Gasteiger partial charge in [-0.25, -0.2) is 5.43 Å². The van der Waals surface area contributed by atoms with Crippen molar-refractivity contribution in [1.82, 2.24) is 5.43 Å². The average Bonchev–Trinajstić information content (AvgIpc) is 2.60. The Bertz CT molecular complexity index is 760. The highest BCUT2D eigenvalue weighted by atomic mass is 35.5. The van der Waals surface area contributed by atoms with E-state index in [0.717, 1.165) is 0 Å². The summed E-state index contributed by atoms with van der Waals surface area (Å²) in [5.74, 6) is 0.479. The lowest BCUT2D eigenvalue weighted by molar-refractivity contribution is 0.0955. The van der Waals surface area contributed by atoms with Crippen LogP contribution in [0, 0.1) is 0 Å². The first kappa shape index (κ1) is 18.6. The van der Waals surface area contributed by atoms with E-state index in [2.05, 4.69) is 10.5 Å². The smallest absolute Gasteiger partial charge is 0.271 e. The van der Waals surface area contributed by atoms with Crippen molar-refractivity contribution < 1.29 is 19.4 Å². The largest absolute Gasteiger partial charge is 0.503 e. The molecule has 0 radical (unpaired) electrons. The number of phenols is 1. The molecule has 0 spiro atoms. The highest BCUT2D eigenvalue weighted by Gasteiger charge is 2.09. The van der Waals surface area contributed by atoms with E-state index < -0.39 is 0 Å². The molecule has 0 aliphatic heterocycles. The average molecular weight is 363 g/mol. The quantitative estimate of drug-likeness (QED) is 0.582. The summed E-state index contributed by atoms with van der Waals surface area (Å²) in [6.45, 7) is 4.64. The van der Waals surface area contributed by atoms with Gasteiger partial charge in [0.1, 0.15) is 5.75 Å². The summed E-state index contributed by atoms with van der Waals surface area (Å²) < 4.78 is 10.6. The molecule has 2 aromatic rings. The molecule has 0 saturated heterocycles. The van der Waals surface area contributed by atoms with Crippen LogP contribution >= 0.6 is 11.6 Å². The van der Waals surface area contributed by atoms with Gasteiger partial charge in [-0.15, -0.1) is 0 Å². The van der Waals surface area contributed by atoms with E-state index in [1.165, 1.54) is 12.3 Å². The van der Waals surface area contributed by atoms with E-state index in [1.807, 2.05) is 6.92 Å². The Hall–Kier alpha value is -2.73. The van der Waals surface area contributed by atoms with E-state index in [9.17, 15) is 9.90 Å². The highest BCUT2D eigenvalue weighted by molar-refractivity contribution is 6.32. The van der Waals surface area contributed by atoms with Gasteiger partial charge in [-0.3, -0.25) is 4.79 Å². The van der Waals surface area contributed by atoms with E-state index >= 15 is 0 Å². The number of carbonyl (C=O) groups excluding carboxylic acids is 1. The SMILES string of the molecule is CCOc1ccc(C(=O)N/N=C\c2cc(Cl)c(O)c(OCC)c2)cc1. The van der Waals surface area contributed by atoms with Gasteiger partial charge in [-0.05, 0) is 55.8 Å². The molecule has 0 atom stereocenters. The number of rotatable bonds is 7. The lowest BCUT2D eigenvalue weighted by atomic mass is 10.2. The number of carbonyl (C=O) groups is 1. The minimum absolute atomic E-state index is 0.126. The van der Waals surface area contributed by atoms with Crippen molar-refractivity contribution in [2.75, 3.05) is 13.2 Å². The zero-order valence-corrected chi connectivity index (χ0v) is 14.7. The Morgan fingerprint density at radius 1 is 1.20 bits per heavy atom. The third-order valence-corrected chi connectivity index (χ3v) is 3.45. The van der Waals surface area contributed by atoms with Crippen molar-refractivity contribution >= 4 is 23.7 Å². The summed E-state index contributed by atoms with van der Waals surface area (Å²) in [6.07, 6.45) is 1.42. The number of nitrogens with one attached hydrogen (secondary N) is 1. The maximum Gasteiger partial charge on any atom is 0.271 e. The van der Waals surface area contributed by atoms with Gasteiger partial charge in [-0.2, -0.15) is 5.10 Å². The van der Waals surface area contributed by atoms with Gasteiger partial charge in [0.15, 0.2) is 11.5 Å². The van der Waals surface area contributed by atoms with Crippen LogP contribution in [0.1, 0.15) is 29.8 Å². The molecule has 25 heavy (non-hydrogen) atoms. The molecule has 0 aliphatic carbocycles. The van der Waals surface area contributed by atoms with Crippen LogP contribution in [-0.2, 0) is 0 Å². The third kappa shape index (κ3) is 5.12. The van der Waals surface area contributed by atoms with Crippen molar-refractivity contribution in [3.8, 4) is 17.2 Å². The summed E-state index contributed by atoms with van der Waals surface area (Å²) in [5.41, 5.74) is 3.47. The second-order valence-corrected chi connectivity index (χ2v) is 5.35. The molecule has 0 aliphatic rings. The van der Waals surface area contributed by atoms with Gasteiger partial charge in [0, 0.05) is 5.56 Å². The first-order valence-electron chi connectivity index (χ1n) is 7.76. The standard InChI is InChI=1S/C18H19ClN2O4/c1-3-24-14-7-5-13(6-8-14)18(23)21-20-11-12-9-15(19)17(22)16(10-12)25-4-2/h5-11,22H,3-4H2,1-2H3,(H,21,23)/b20-11-. The maximum absolute atomic E-state index is 12.0. The fourth-order valence-electron chi connectivity index (χ4n) is 2.03. The van der Waals surface area contributed by atoms with Crippen LogP contribution in [0.15, 0.2) is 41.5 Å². The van der Waals surface area contributed by atoms with Crippen molar-refractivity contribution in [2.45, 2.75) is 13.8 Å². The van der Waals surface area contributed by atoms with E-state index in [0.29, 0.717) is 30.1 Å². The minimum Gasteiger partial charge on any atom is -0.503 e. The molecular weight excluding hydrogens is 344 g/mol. The van der Waals surface area contributed by atoms with Crippen molar-refractivity contribution in [3.63, 3.8) is 0 Å².